The fraction of sp³-hybridized carbons (Fsp3) is 0.250. The number of nitrogens with zero attached hydrogens (tertiary/aromatic N) is 1. The van der Waals surface area contributed by atoms with Gasteiger partial charge in [-0.15, -0.1) is 11.3 Å². The molecule has 1 N–H and O–H groups in total. The highest BCUT2D eigenvalue weighted by atomic mass is 32.2. The minimum absolute atomic E-state index is 0.0659. The van der Waals surface area contributed by atoms with Gasteiger partial charge in [-0.1, -0.05) is 13.0 Å². The normalized spacial score (nSPS) is 10.9. The lowest BCUT2D eigenvalue weighted by Crippen LogP contribution is -2.14. The van der Waals surface area contributed by atoms with Crippen molar-refractivity contribution < 1.29 is 17.9 Å². The van der Waals surface area contributed by atoms with Crippen molar-refractivity contribution in [1.82, 2.24) is 0 Å². The molecule has 6 nitrogen and oxygen atoms in total. The maximum absolute atomic E-state index is 12.6. The molecule has 0 atom stereocenters. The van der Waals surface area contributed by atoms with E-state index in [-0.39, 0.29) is 21.0 Å². The minimum Gasteiger partial charge on any atom is -0.465 e. The summed E-state index contributed by atoms with van der Waals surface area (Å²) in [4.78, 5) is 12.6. The maximum atomic E-state index is 12.6. The number of anilines is 1. The first-order valence-corrected chi connectivity index (χ1v) is 9.37. The molecule has 0 fully saturated rings. The van der Waals surface area contributed by atoms with Crippen molar-refractivity contribution in [2.75, 3.05) is 11.8 Å². The number of esters is 1. The van der Waals surface area contributed by atoms with Crippen LogP contribution in [0.3, 0.4) is 0 Å². The van der Waals surface area contributed by atoms with Gasteiger partial charge < -0.3 is 4.74 Å². The van der Waals surface area contributed by atoms with Gasteiger partial charge in [-0.25, -0.2) is 13.2 Å². The summed E-state index contributed by atoms with van der Waals surface area (Å²) in [5.41, 5.74) is 1.07. The van der Waals surface area contributed by atoms with Gasteiger partial charge in [-0.2, -0.15) is 5.26 Å². The molecule has 2 aromatic rings. The highest BCUT2D eigenvalue weighted by Crippen LogP contribution is 2.30. The summed E-state index contributed by atoms with van der Waals surface area (Å²) in [7, 11) is -2.69. The van der Waals surface area contributed by atoms with Crippen molar-refractivity contribution in [3.8, 4) is 6.07 Å². The largest absolute Gasteiger partial charge is 0.465 e. The fourth-order valence-electron chi connectivity index (χ4n) is 2.05. The summed E-state index contributed by atoms with van der Waals surface area (Å²) in [6, 6.07) is 7.86. The Balaban J connectivity index is 2.43. The molecule has 1 aromatic carbocycles. The summed E-state index contributed by atoms with van der Waals surface area (Å²) >= 11 is 1.22. The van der Waals surface area contributed by atoms with E-state index in [4.69, 9.17) is 5.26 Å². The Morgan fingerprint density at radius 2 is 2.08 bits per heavy atom. The van der Waals surface area contributed by atoms with Crippen molar-refractivity contribution in [3.63, 3.8) is 0 Å². The number of methoxy groups -OCH3 is 1. The molecule has 0 unspecified atom stereocenters. The number of thiophene rings is 1. The Hall–Kier alpha value is -2.37. The van der Waals surface area contributed by atoms with Gasteiger partial charge in [0.05, 0.1) is 23.1 Å². The molecule has 0 aliphatic rings. The first-order chi connectivity index (χ1) is 11.3. The summed E-state index contributed by atoms with van der Waals surface area (Å²) in [5.74, 6) is -0.605. The number of carbonyl (C=O) groups excluding carboxylic acids is 1. The summed E-state index contributed by atoms with van der Waals surface area (Å²) in [5, 5.41) is 9.41. The zero-order valence-electron chi connectivity index (χ0n) is 13.4. The molecule has 1 aromatic heterocycles. The molecular weight excluding hydrogens is 348 g/mol. The van der Waals surface area contributed by atoms with Crippen LogP contribution in [0.5, 0.6) is 0 Å². The molecule has 0 aliphatic heterocycles. The van der Waals surface area contributed by atoms with Gasteiger partial charge in [0.15, 0.2) is 0 Å². The third-order valence-electron chi connectivity index (χ3n) is 3.40. The average Bonchev–Trinajstić information content (AvgIpc) is 2.95. The number of benzene rings is 1. The minimum atomic E-state index is -3.92. The van der Waals surface area contributed by atoms with E-state index in [1.54, 1.807) is 13.0 Å². The van der Waals surface area contributed by atoms with E-state index in [0.717, 1.165) is 4.88 Å². The number of ether oxygens (including phenoxy) is 1. The van der Waals surface area contributed by atoms with Gasteiger partial charge in [0, 0.05) is 4.88 Å². The van der Waals surface area contributed by atoms with E-state index >= 15 is 0 Å². The molecule has 0 aliphatic carbocycles. The lowest BCUT2D eigenvalue weighted by atomic mass is 10.1. The van der Waals surface area contributed by atoms with Gasteiger partial charge in [-0.3, -0.25) is 4.72 Å². The number of rotatable bonds is 5. The first-order valence-electron chi connectivity index (χ1n) is 7.07. The number of carbonyl (C=O) groups is 1. The summed E-state index contributed by atoms with van der Waals surface area (Å²) in [6.07, 6.45) is 0.706. The first kappa shape index (κ1) is 18.0. The van der Waals surface area contributed by atoms with E-state index in [2.05, 4.69) is 9.46 Å². The highest BCUT2D eigenvalue weighted by Gasteiger charge is 2.21. The van der Waals surface area contributed by atoms with Crippen LogP contribution < -0.4 is 4.72 Å². The van der Waals surface area contributed by atoms with E-state index in [9.17, 15) is 13.2 Å². The Kier molecular flexibility index (Phi) is 5.26. The third kappa shape index (κ3) is 3.58. The lowest BCUT2D eigenvalue weighted by Gasteiger charge is -2.09. The van der Waals surface area contributed by atoms with Crippen LogP contribution in [0.1, 0.15) is 33.3 Å². The monoisotopic (exact) mass is 364 g/mol. The molecule has 126 valence electrons. The van der Waals surface area contributed by atoms with Crippen LogP contribution in [-0.2, 0) is 21.2 Å². The van der Waals surface area contributed by atoms with Crippen molar-refractivity contribution in [2.45, 2.75) is 25.2 Å². The van der Waals surface area contributed by atoms with Crippen LogP contribution in [0, 0.1) is 18.3 Å². The van der Waals surface area contributed by atoms with Crippen LogP contribution in [-0.4, -0.2) is 21.5 Å². The van der Waals surface area contributed by atoms with Crippen LogP contribution in [0.2, 0.25) is 0 Å². The van der Waals surface area contributed by atoms with Gasteiger partial charge in [0.25, 0.3) is 10.0 Å². The zero-order valence-corrected chi connectivity index (χ0v) is 15.0. The van der Waals surface area contributed by atoms with E-state index in [1.807, 2.05) is 13.0 Å². The second-order valence-electron chi connectivity index (χ2n) is 4.99. The topological polar surface area (TPSA) is 96.3 Å². The molecule has 8 heteroatoms. The number of sulfonamides is 1. The van der Waals surface area contributed by atoms with Crippen molar-refractivity contribution in [1.29, 1.82) is 5.26 Å². The van der Waals surface area contributed by atoms with Crippen molar-refractivity contribution >= 4 is 32.3 Å². The molecule has 0 radical (unpaired) electrons. The lowest BCUT2D eigenvalue weighted by molar-refractivity contribution is 0.0599. The number of hydrogen-bond acceptors (Lipinski definition) is 6. The smallest absolute Gasteiger partial charge is 0.338 e. The second kappa shape index (κ2) is 7.03. The second-order valence-corrected chi connectivity index (χ2v) is 7.81. The molecule has 0 bridgehead atoms. The van der Waals surface area contributed by atoms with Gasteiger partial charge >= 0.3 is 5.97 Å². The Bertz CT molecular complexity index is 924. The van der Waals surface area contributed by atoms with Gasteiger partial charge in [0.2, 0.25) is 0 Å². The molecule has 0 spiro atoms. The van der Waals surface area contributed by atoms with Gasteiger partial charge in [-0.05, 0) is 37.1 Å². The Morgan fingerprint density at radius 3 is 2.67 bits per heavy atom. The zero-order chi connectivity index (χ0) is 17.9. The van der Waals surface area contributed by atoms with Crippen LogP contribution in [0.4, 0.5) is 5.00 Å². The predicted octanol–water partition coefficient (Wildman–Crippen LogP) is 3.08. The van der Waals surface area contributed by atoms with Crippen LogP contribution >= 0.6 is 11.3 Å². The molecule has 24 heavy (non-hydrogen) atoms. The Morgan fingerprint density at radius 1 is 1.38 bits per heavy atom. The molecular formula is C16H16N2O4S2. The molecule has 0 amide bonds. The summed E-state index contributed by atoms with van der Waals surface area (Å²) in [6.45, 7) is 3.62. The fourth-order valence-corrected chi connectivity index (χ4v) is 4.34. The molecule has 0 saturated heterocycles. The maximum Gasteiger partial charge on any atom is 0.338 e. The SMILES string of the molecule is CCc1cc(C#N)c(NS(=O)(=O)c2ccc(C)c(C(=O)OC)c2)s1. The van der Waals surface area contributed by atoms with E-state index in [1.165, 1.54) is 36.6 Å². The van der Waals surface area contributed by atoms with Crippen molar-refractivity contribution in [2.24, 2.45) is 0 Å². The third-order valence-corrected chi connectivity index (χ3v) is 6.08. The molecule has 2 rings (SSSR count). The van der Waals surface area contributed by atoms with Gasteiger partial charge in [0.1, 0.15) is 11.1 Å². The number of nitriles is 1. The molecule has 0 saturated carbocycles. The highest BCUT2D eigenvalue weighted by molar-refractivity contribution is 7.93. The van der Waals surface area contributed by atoms with Crippen LogP contribution in [0.25, 0.3) is 0 Å². The number of hydrogen-bond donors (Lipinski definition) is 1. The number of aryl methyl sites for hydroxylation is 2. The summed E-state index contributed by atoms with van der Waals surface area (Å²) < 4.78 is 32.2. The van der Waals surface area contributed by atoms with E-state index < -0.39 is 16.0 Å². The quantitative estimate of drug-likeness (QED) is 0.823. The van der Waals surface area contributed by atoms with Crippen molar-refractivity contribution in [3.05, 3.63) is 45.8 Å². The predicted molar refractivity (Wildman–Crippen MR) is 91.7 cm³/mol. The average molecular weight is 364 g/mol. The van der Waals surface area contributed by atoms with E-state index in [0.29, 0.717) is 12.0 Å². The standard InChI is InChI=1S/C16H16N2O4S2/c1-4-12-7-11(9-17)15(23-12)18-24(20,21)13-6-5-10(2)14(8-13)16(19)22-3/h5-8,18H,4H2,1-3H3. The molecule has 1 heterocycles. The number of nitrogens with one attached hydrogen (secondary N) is 1. The Labute approximate surface area is 144 Å². The van der Waals surface area contributed by atoms with Crippen LogP contribution in [0.15, 0.2) is 29.2 Å².